The zero-order valence-electron chi connectivity index (χ0n) is 15.1. The number of anilines is 1. The summed E-state index contributed by atoms with van der Waals surface area (Å²) >= 11 is 6.07. The number of methoxy groups -OCH3 is 1. The van der Waals surface area contributed by atoms with Crippen molar-refractivity contribution in [2.24, 2.45) is 0 Å². The van der Waals surface area contributed by atoms with E-state index in [4.69, 9.17) is 25.6 Å². The van der Waals surface area contributed by atoms with Gasteiger partial charge in [-0.3, -0.25) is 4.79 Å². The summed E-state index contributed by atoms with van der Waals surface area (Å²) < 4.78 is 15.7. The average Bonchev–Trinajstić information content (AvgIpc) is 3.09. The van der Waals surface area contributed by atoms with Crippen molar-refractivity contribution in [3.8, 4) is 22.9 Å². The first-order valence-corrected chi connectivity index (χ1v) is 8.51. The zero-order valence-corrected chi connectivity index (χ0v) is 15.8. The zero-order chi connectivity index (χ0) is 19.4. The molecule has 0 radical (unpaired) electrons. The lowest BCUT2D eigenvalue weighted by molar-refractivity contribution is -0.118. The quantitative estimate of drug-likeness (QED) is 0.687. The molecule has 1 N–H and O–H groups in total. The van der Waals surface area contributed by atoms with Gasteiger partial charge in [-0.25, -0.2) is 0 Å². The number of aromatic nitrogens is 2. The molecule has 140 valence electrons. The first-order chi connectivity index (χ1) is 13.0. The van der Waals surface area contributed by atoms with E-state index in [2.05, 4.69) is 15.5 Å². The molecule has 0 unspecified atom stereocenters. The van der Waals surface area contributed by atoms with Gasteiger partial charge in [-0.15, -0.1) is 0 Å². The van der Waals surface area contributed by atoms with E-state index in [0.717, 1.165) is 11.1 Å². The Kier molecular flexibility index (Phi) is 5.61. The molecule has 3 aromatic rings. The van der Waals surface area contributed by atoms with E-state index in [-0.39, 0.29) is 12.5 Å². The molecule has 0 saturated carbocycles. The van der Waals surface area contributed by atoms with Crippen molar-refractivity contribution in [3.63, 3.8) is 0 Å². The van der Waals surface area contributed by atoms with Crippen LogP contribution in [-0.4, -0.2) is 29.8 Å². The first-order valence-electron chi connectivity index (χ1n) is 8.14. The molecule has 0 fully saturated rings. The van der Waals surface area contributed by atoms with Crippen LogP contribution in [0.1, 0.15) is 11.5 Å². The monoisotopic (exact) mass is 387 g/mol. The highest BCUT2D eigenvalue weighted by atomic mass is 35.5. The van der Waals surface area contributed by atoms with Crippen molar-refractivity contribution < 1.29 is 18.8 Å². The second-order valence-corrected chi connectivity index (χ2v) is 6.21. The second kappa shape index (κ2) is 8.09. The highest BCUT2D eigenvalue weighted by molar-refractivity contribution is 6.31. The fraction of sp³-hybridized carbons (Fsp3) is 0.211. The number of aryl methyl sites for hydroxylation is 2. The lowest BCUT2D eigenvalue weighted by atomic mass is 10.2. The van der Waals surface area contributed by atoms with E-state index in [1.807, 2.05) is 6.92 Å². The molecule has 8 heteroatoms. The van der Waals surface area contributed by atoms with E-state index in [0.29, 0.717) is 33.9 Å². The van der Waals surface area contributed by atoms with E-state index < -0.39 is 0 Å². The minimum absolute atomic E-state index is 0.147. The molecule has 0 atom stereocenters. The molecule has 0 bridgehead atoms. The lowest BCUT2D eigenvalue weighted by Crippen LogP contribution is -2.20. The third kappa shape index (κ3) is 4.57. The lowest BCUT2D eigenvalue weighted by Gasteiger charge is -2.12. The number of nitrogens with one attached hydrogen (secondary N) is 1. The number of rotatable bonds is 6. The minimum Gasteiger partial charge on any atom is -0.495 e. The van der Waals surface area contributed by atoms with Gasteiger partial charge < -0.3 is 19.3 Å². The van der Waals surface area contributed by atoms with Crippen molar-refractivity contribution >= 4 is 23.2 Å². The number of carbonyl (C=O) groups is 1. The third-order valence-electron chi connectivity index (χ3n) is 3.76. The predicted molar refractivity (Wildman–Crippen MR) is 101 cm³/mol. The standard InChI is InChI=1S/C19H18ClN3O4/c1-11-8-16(17(25-3)9-15(11)20)22-18(24)10-26-14-6-4-13(5-7-14)19-21-12(2)27-23-19/h4-9H,10H2,1-3H3,(H,22,24). The molecule has 0 aliphatic rings. The number of carbonyl (C=O) groups excluding carboxylic acids is 1. The molecule has 0 saturated heterocycles. The van der Waals surface area contributed by atoms with Gasteiger partial charge in [0, 0.05) is 23.6 Å². The maximum Gasteiger partial charge on any atom is 0.262 e. The van der Waals surface area contributed by atoms with Crippen molar-refractivity contribution in [1.29, 1.82) is 0 Å². The summed E-state index contributed by atoms with van der Waals surface area (Å²) in [6, 6.07) is 10.5. The van der Waals surface area contributed by atoms with Crippen LogP contribution in [0.15, 0.2) is 40.9 Å². The second-order valence-electron chi connectivity index (χ2n) is 5.80. The third-order valence-corrected chi connectivity index (χ3v) is 4.17. The summed E-state index contributed by atoms with van der Waals surface area (Å²) in [6.45, 7) is 3.43. The molecule has 0 spiro atoms. The average molecular weight is 388 g/mol. The SMILES string of the molecule is COc1cc(Cl)c(C)cc1NC(=O)COc1ccc(-c2noc(C)n2)cc1. The molecular weight excluding hydrogens is 370 g/mol. The molecule has 3 rings (SSSR count). The van der Waals surface area contributed by atoms with Crippen LogP contribution in [-0.2, 0) is 4.79 Å². The normalized spacial score (nSPS) is 10.5. The molecule has 0 aliphatic carbocycles. The number of nitrogens with zero attached hydrogens (tertiary/aromatic N) is 2. The van der Waals surface area contributed by atoms with Crippen LogP contribution in [0, 0.1) is 13.8 Å². The number of amides is 1. The van der Waals surface area contributed by atoms with Gasteiger partial charge in [0.25, 0.3) is 5.91 Å². The van der Waals surface area contributed by atoms with Crippen molar-refractivity contribution in [3.05, 3.63) is 52.9 Å². The number of ether oxygens (including phenoxy) is 2. The molecule has 0 aliphatic heterocycles. The summed E-state index contributed by atoms with van der Waals surface area (Å²) in [5.74, 6) is 1.72. The van der Waals surface area contributed by atoms with Gasteiger partial charge >= 0.3 is 0 Å². The molecule has 1 amide bonds. The van der Waals surface area contributed by atoms with E-state index in [1.54, 1.807) is 43.3 Å². The summed E-state index contributed by atoms with van der Waals surface area (Å²) in [7, 11) is 1.51. The van der Waals surface area contributed by atoms with Crippen LogP contribution in [0.2, 0.25) is 5.02 Å². The van der Waals surface area contributed by atoms with Gasteiger partial charge in [-0.1, -0.05) is 16.8 Å². The van der Waals surface area contributed by atoms with Crippen molar-refractivity contribution in [2.45, 2.75) is 13.8 Å². The number of halogens is 1. The van der Waals surface area contributed by atoms with Gasteiger partial charge in [-0.05, 0) is 42.8 Å². The highest BCUT2D eigenvalue weighted by Crippen LogP contribution is 2.31. The largest absolute Gasteiger partial charge is 0.495 e. The molecule has 1 aromatic heterocycles. The van der Waals surface area contributed by atoms with Crippen LogP contribution in [0.4, 0.5) is 5.69 Å². The van der Waals surface area contributed by atoms with Crippen LogP contribution in [0.25, 0.3) is 11.4 Å². The molecule has 1 heterocycles. The Bertz CT molecular complexity index is 954. The molecule has 2 aromatic carbocycles. The highest BCUT2D eigenvalue weighted by Gasteiger charge is 2.11. The van der Waals surface area contributed by atoms with Crippen LogP contribution < -0.4 is 14.8 Å². The van der Waals surface area contributed by atoms with Crippen molar-refractivity contribution in [1.82, 2.24) is 10.1 Å². The predicted octanol–water partition coefficient (Wildman–Crippen LogP) is 4.03. The fourth-order valence-electron chi connectivity index (χ4n) is 2.38. The molecular formula is C19H18ClN3O4. The Morgan fingerprint density at radius 2 is 1.96 bits per heavy atom. The van der Waals surface area contributed by atoms with Crippen molar-refractivity contribution in [2.75, 3.05) is 19.0 Å². The molecule has 7 nitrogen and oxygen atoms in total. The smallest absolute Gasteiger partial charge is 0.262 e. The van der Waals surface area contributed by atoms with E-state index in [9.17, 15) is 4.79 Å². The first kappa shape index (κ1) is 18.7. The Morgan fingerprint density at radius 1 is 1.22 bits per heavy atom. The summed E-state index contributed by atoms with van der Waals surface area (Å²) in [5, 5.41) is 7.18. The Morgan fingerprint density at radius 3 is 2.59 bits per heavy atom. The van der Waals surface area contributed by atoms with Crippen LogP contribution >= 0.6 is 11.6 Å². The Balaban J connectivity index is 1.60. The van der Waals surface area contributed by atoms with Crippen LogP contribution in [0.3, 0.4) is 0 Å². The number of benzene rings is 2. The maximum atomic E-state index is 12.2. The number of hydrogen-bond donors (Lipinski definition) is 1. The van der Waals surface area contributed by atoms with Gasteiger partial charge in [0.1, 0.15) is 11.5 Å². The summed E-state index contributed by atoms with van der Waals surface area (Å²) in [5.41, 5.74) is 2.17. The summed E-state index contributed by atoms with van der Waals surface area (Å²) in [4.78, 5) is 16.3. The van der Waals surface area contributed by atoms with Crippen LogP contribution in [0.5, 0.6) is 11.5 Å². The van der Waals surface area contributed by atoms with E-state index >= 15 is 0 Å². The van der Waals surface area contributed by atoms with Gasteiger partial charge in [-0.2, -0.15) is 4.98 Å². The maximum absolute atomic E-state index is 12.2. The Labute approximate surface area is 161 Å². The topological polar surface area (TPSA) is 86.5 Å². The minimum atomic E-state index is -0.312. The van der Waals surface area contributed by atoms with Gasteiger partial charge in [0.05, 0.1) is 12.8 Å². The van der Waals surface area contributed by atoms with Gasteiger partial charge in [0.15, 0.2) is 6.61 Å². The van der Waals surface area contributed by atoms with Gasteiger partial charge in [0.2, 0.25) is 11.7 Å². The number of hydrogen-bond acceptors (Lipinski definition) is 6. The van der Waals surface area contributed by atoms with E-state index in [1.165, 1.54) is 7.11 Å². The molecule has 27 heavy (non-hydrogen) atoms. The fourth-order valence-corrected chi connectivity index (χ4v) is 2.54. The Hall–Kier alpha value is -3.06. The summed E-state index contributed by atoms with van der Waals surface area (Å²) in [6.07, 6.45) is 0.